The number of carbonyl (C=O) groups excluding carboxylic acids is 1. The number of amides is 1. The first kappa shape index (κ1) is 24.6. The summed E-state index contributed by atoms with van der Waals surface area (Å²) in [4.78, 5) is 27.7. The van der Waals surface area contributed by atoms with Crippen LogP contribution in [0.15, 0.2) is 51.7 Å². The number of fused-ring (bicyclic) bond motifs is 2. The summed E-state index contributed by atoms with van der Waals surface area (Å²) in [7, 11) is 0. The molecule has 6 heteroatoms. The maximum absolute atomic E-state index is 13.0. The number of benzene rings is 2. The highest BCUT2D eigenvalue weighted by molar-refractivity contribution is 5.83. The minimum Gasteiger partial charge on any atom is -0.489 e. The third-order valence-corrected chi connectivity index (χ3v) is 8.15. The van der Waals surface area contributed by atoms with E-state index in [-0.39, 0.29) is 18.2 Å². The Kier molecular flexibility index (Phi) is 6.89. The SMILES string of the molecule is Cc1ccc(COc2ccc3c(C)c(CCC(=O)N4CCC5(O)CCCCC5C4)c(=O)oc3c2)cc1. The number of piperidine rings is 1. The molecule has 36 heavy (non-hydrogen) atoms. The summed E-state index contributed by atoms with van der Waals surface area (Å²) in [5.74, 6) is 0.849. The number of ether oxygens (including phenoxy) is 1. The second-order valence-corrected chi connectivity index (χ2v) is 10.6. The number of aliphatic hydroxyl groups is 1. The molecular formula is C30H35NO5. The number of likely N-dealkylation sites (tertiary alicyclic amines) is 1. The van der Waals surface area contributed by atoms with Crippen LogP contribution in [0.25, 0.3) is 11.0 Å². The molecule has 1 aliphatic carbocycles. The number of rotatable bonds is 6. The molecule has 2 fully saturated rings. The van der Waals surface area contributed by atoms with Gasteiger partial charge in [0.2, 0.25) is 5.91 Å². The average Bonchev–Trinajstić information content (AvgIpc) is 2.87. The highest BCUT2D eigenvalue weighted by Gasteiger charge is 2.43. The summed E-state index contributed by atoms with van der Waals surface area (Å²) in [6.07, 6.45) is 5.26. The van der Waals surface area contributed by atoms with Gasteiger partial charge < -0.3 is 19.2 Å². The van der Waals surface area contributed by atoms with Crippen molar-refractivity contribution >= 4 is 16.9 Å². The molecule has 1 saturated carbocycles. The van der Waals surface area contributed by atoms with Crippen molar-refractivity contribution in [1.29, 1.82) is 0 Å². The molecule has 3 aromatic rings. The van der Waals surface area contributed by atoms with Gasteiger partial charge in [0.05, 0.1) is 5.60 Å². The van der Waals surface area contributed by atoms with Crippen molar-refractivity contribution in [2.45, 2.75) is 71.0 Å². The first-order chi connectivity index (χ1) is 17.3. The lowest BCUT2D eigenvalue weighted by atomic mass is 9.71. The molecule has 1 amide bonds. The van der Waals surface area contributed by atoms with E-state index in [1.165, 1.54) is 5.56 Å². The Labute approximate surface area is 211 Å². The summed E-state index contributed by atoms with van der Waals surface area (Å²) >= 11 is 0. The van der Waals surface area contributed by atoms with Crippen LogP contribution in [0.3, 0.4) is 0 Å². The van der Waals surface area contributed by atoms with Crippen molar-refractivity contribution in [3.05, 3.63) is 75.1 Å². The molecule has 2 aromatic carbocycles. The van der Waals surface area contributed by atoms with E-state index in [1.807, 2.05) is 43.0 Å². The van der Waals surface area contributed by atoms with Gasteiger partial charge >= 0.3 is 5.63 Å². The number of hydrogen-bond acceptors (Lipinski definition) is 5. The van der Waals surface area contributed by atoms with Gasteiger partial charge in [-0.3, -0.25) is 4.79 Å². The van der Waals surface area contributed by atoms with Gasteiger partial charge in [0, 0.05) is 42.4 Å². The molecular weight excluding hydrogens is 454 g/mol. The van der Waals surface area contributed by atoms with E-state index < -0.39 is 11.2 Å². The summed E-state index contributed by atoms with van der Waals surface area (Å²) in [6.45, 7) is 5.60. The monoisotopic (exact) mass is 489 g/mol. The molecule has 1 N–H and O–H groups in total. The predicted octanol–water partition coefficient (Wildman–Crippen LogP) is 5.08. The Hall–Kier alpha value is -3.12. The van der Waals surface area contributed by atoms with E-state index >= 15 is 0 Å². The third kappa shape index (κ3) is 5.05. The van der Waals surface area contributed by atoms with Crippen LogP contribution >= 0.6 is 0 Å². The van der Waals surface area contributed by atoms with Crippen LogP contribution in [0.5, 0.6) is 5.75 Å². The molecule has 0 spiro atoms. The van der Waals surface area contributed by atoms with Gasteiger partial charge in [0.15, 0.2) is 0 Å². The maximum Gasteiger partial charge on any atom is 0.339 e. The standard InChI is InChI=1S/C30H35NO5/c1-20-6-8-22(9-7-20)19-35-24-10-11-25-21(2)26(29(33)36-27(25)17-24)12-13-28(32)31-16-15-30(34)14-4-3-5-23(30)18-31/h6-11,17,23,34H,3-5,12-16,18-19H2,1-2H3. The molecule has 1 saturated heterocycles. The third-order valence-electron chi connectivity index (χ3n) is 8.15. The molecule has 0 radical (unpaired) electrons. The van der Waals surface area contributed by atoms with Crippen LogP contribution in [-0.2, 0) is 17.8 Å². The highest BCUT2D eigenvalue weighted by atomic mass is 16.5. The maximum atomic E-state index is 13.0. The van der Waals surface area contributed by atoms with Crippen molar-refractivity contribution in [2.24, 2.45) is 5.92 Å². The second kappa shape index (κ2) is 10.1. The van der Waals surface area contributed by atoms with Gasteiger partial charge in [-0.05, 0) is 62.8 Å². The number of hydrogen-bond donors (Lipinski definition) is 1. The Morgan fingerprint density at radius 2 is 1.94 bits per heavy atom. The van der Waals surface area contributed by atoms with Crippen LogP contribution in [0.4, 0.5) is 0 Å². The number of carbonyl (C=O) groups is 1. The van der Waals surface area contributed by atoms with Crippen LogP contribution in [0.1, 0.15) is 60.8 Å². The van der Waals surface area contributed by atoms with Gasteiger partial charge in [0.25, 0.3) is 0 Å². The van der Waals surface area contributed by atoms with Crippen molar-refractivity contribution in [3.63, 3.8) is 0 Å². The Bertz CT molecular complexity index is 1310. The van der Waals surface area contributed by atoms with Gasteiger partial charge in [-0.25, -0.2) is 4.79 Å². The normalized spacial score (nSPS) is 21.9. The van der Waals surface area contributed by atoms with Crippen molar-refractivity contribution < 1.29 is 19.1 Å². The second-order valence-electron chi connectivity index (χ2n) is 10.6. The van der Waals surface area contributed by atoms with E-state index in [9.17, 15) is 14.7 Å². The molecule has 1 aromatic heterocycles. The topological polar surface area (TPSA) is 80.0 Å². The lowest BCUT2D eigenvalue weighted by molar-refractivity contribution is -0.143. The average molecular weight is 490 g/mol. The van der Waals surface area contributed by atoms with Gasteiger partial charge in [-0.2, -0.15) is 0 Å². The van der Waals surface area contributed by atoms with E-state index in [1.54, 1.807) is 6.07 Å². The van der Waals surface area contributed by atoms with Crippen molar-refractivity contribution in [1.82, 2.24) is 4.90 Å². The number of nitrogens with zero attached hydrogens (tertiary/aromatic N) is 1. The molecule has 2 aliphatic rings. The largest absolute Gasteiger partial charge is 0.489 e. The fourth-order valence-electron chi connectivity index (χ4n) is 5.79. The van der Waals surface area contributed by atoms with E-state index in [4.69, 9.17) is 9.15 Å². The first-order valence-electron chi connectivity index (χ1n) is 13.1. The fourth-order valence-corrected chi connectivity index (χ4v) is 5.79. The highest BCUT2D eigenvalue weighted by Crippen LogP contribution is 2.40. The predicted molar refractivity (Wildman–Crippen MR) is 139 cm³/mol. The molecule has 6 nitrogen and oxygen atoms in total. The molecule has 0 bridgehead atoms. The quantitative estimate of drug-likeness (QED) is 0.489. The summed E-state index contributed by atoms with van der Waals surface area (Å²) in [6, 6.07) is 13.7. The Balaban J connectivity index is 1.25. The van der Waals surface area contributed by atoms with Crippen LogP contribution in [0, 0.1) is 19.8 Å². The van der Waals surface area contributed by atoms with E-state index in [2.05, 4.69) is 12.1 Å². The minimum absolute atomic E-state index is 0.0429. The molecule has 2 heterocycles. The number of aryl methyl sites for hydroxylation is 2. The van der Waals surface area contributed by atoms with Gasteiger partial charge in [-0.15, -0.1) is 0 Å². The first-order valence-corrected chi connectivity index (χ1v) is 13.1. The lowest BCUT2D eigenvalue weighted by Gasteiger charge is -2.47. The zero-order valence-corrected chi connectivity index (χ0v) is 21.2. The van der Waals surface area contributed by atoms with Crippen LogP contribution in [-0.4, -0.2) is 34.6 Å². The van der Waals surface area contributed by atoms with Crippen molar-refractivity contribution in [2.75, 3.05) is 13.1 Å². The molecule has 190 valence electrons. The zero-order chi connectivity index (χ0) is 25.3. The minimum atomic E-state index is -0.603. The van der Waals surface area contributed by atoms with Crippen LogP contribution < -0.4 is 10.4 Å². The summed E-state index contributed by atoms with van der Waals surface area (Å²) in [5, 5.41) is 11.7. The van der Waals surface area contributed by atoms with Gasteiger partial charge in [-0.1, -0.05) is 42.7 Å². The fraction of sp³-hybridized carbons (Fsp3) is 0.467. The van der Waals surface area contributed by atoms with Gasteiger partial charge in [0.1, 0.15) is 17.9 Å². The Morgan fingerprint density at radius 1 is 1.14 bits per heavy atom. The molecule has 1 aliphatic heterocycles. The zero-order valence-electron chi connectivity index (χ0n) is 21.2. The smallest absolute Gasteiger partial charge is 0.339 e. The summed E-state index contributed by atoms with van der Waals surface area (Å²) in [5.41, 5.74) is 3.15. The lowest BCUT2D eigenvalue weighted by Crippen LogP contribution is -2.54. The van der Waals surface area contributed by atoms with E-state index in [0.29, 0.717) is 49.4 Å². The molecule has 2 atom stereocenters. The molecule has 2 unspecified atom stereocenters. The molecule has 5 rings (SSSR count). The van der Waals surface area contributed by atoms with E-state index in [0.717, 1.165) is 42.2 Å². The Morgan fingerprint density at radius 3 is 2.75 bits per heavy atom. The van der Waals surface area contributed by atoms with Crippen molar-refractivity contribution in [3.8, 4) is 5.75 Å². The summed E-state index contributed by atoms with van der Waals surface area (Å²) < 4.78 is 11.6. The van der Waals surface area contributed by atoms with Crippen LogP contribution in [0.2, 0.25) is 0 Å².